The molecule has 0 bridgehead atoms. The van der Waals surface area contributed by atoms with Gasteiger partial charge in [0.1, 0.15) is 23.9 Å². The van der Waals surface area contributed by atoms with Crippen LogP contribution in [0.2, 0.25) is 5.02 Å². The second-order valence-corrected chi connectivity index (χ2v) is 4.11. The number of nitrogens with one attached hydrogen (secondary N) is 1. The molecule has 0 radical (unpaired) electrons. The van der Waals surface area contributed by atoms with Gasteiger partial charge in [-0.2, -0.15) is 0 Å². The fourth-order valence-corrected chi connectivity index (χ4v) is 1.77. The normalized spacial score (nSPS) is 10.3. The van der Waals surface area contributed by atoms with Gasteiger partial charge in [-0.25, -0.2) is 0 Å². The van der Waals surface area contributed by atoms with Crippen LogP contribution in [0.15, 0.2) is 24.4 Å². The maximum Gasteiger partial charge on any atom is 0.134 e. The van der Waals surface area contributed by atoms with E-state index < -0.39 is 0 Å². The van der Waals surface area contributed by atoms with Gasteiger partial charge in [-0.15, -0.1) is 5.10 Å². The van der Waals surface area contributed by atoms with Crippen LogP contribution in [-0.4, -0.2) is 20.8 Å². The highest BCUT2D eigenvalue weighted by Gasteiger charge is 2.11. The van der Waals surface area contributed by atoms with Gasteiger partial charge in [0.25, 0.3) is 0 Å². The SMILES string of the molecule is Cn1cc(COc2cccc(Cl)c2C(=N)N)nn1. The third kappa shape index (κ3) is 2.60. The molecule has 2 aromatic rings. The maximum absolute atomic E-state index is 7.49. The minimum absolute atomic E-state index is 0.130. The van der Waals surface area contributed by atoms with Gasteiger partial charge in [-0.05, 0) is 12.1 Å². The summed E-state index contributed by atoms with van der Waals surface area (Å²) < 4.78 is 7.14. The van der Waals surface area contributed by atoms with Crippen LogP contribution in [0, 0.1) is 5.41 Å². The van der Waals surface area contributed by atoms with Crippen LogP contribution in [0.1, 0.15) is 11.3 Å². The number of ether oxygens (including phenoxy) is 1. The van der Waals surface area contributed by atoms with Crippen LogP contribution in [0.3, 0.4) is 0 Å². The number of nitrogens with zero attached hydrogens (tertiary/aromatic N) is 3. The highest BCUT2D eigenvalue weighted by Crippen LogP contribution is 2.26. The molecule has 0 unspecified atom stereocenters. The van der Waals surface area contributed by atoms with Crippen molar-refractivity contribution in [1.29, 1.82) is 5.41 Å². The van der Waals surface area contributed by atoms with Crippen molar-refractivity contribution in [2.24, 2.45) is 12.8 Å². The summed E-state index contributed by atoms with van der Waals surface area (Å²) in [4.78, 5) is 0. The Hall–Kier alpha value is -2.08. The quantitative estimate of drug-likeness (QED) is 0.645. The molecule has 0 saturated carbocycles. The van der Waals surface area contributed by atoms with Gasteiger partial charge in [-0.1, -0.05) is 22.9 Å². The van der Waals surface area contributed by atoms with E-state index >= 15 is 0 Å². The first kappa shape index (κ1) is 12.4. The second-order valence-electron chi connectivity index (χ2n) is 3.70. The minimum atomic E-state index is -0.130. The number of benzene rings is 1. The first-order valence-electron chi connectivity index (χ1n) is 5.19. The Labute approximate surface area is 109 Å². The molecule has 1 heterocycles. The maximum atomic E-state index is 7.49. The Balaban J connectivity index is 2.19. The zero-order valence-corrected chi connectivity index (χ0v) is 10.5. The van der Waals surface area contributed by atoms with Crippen molar-refractivity contribution < 1.29 is 4.74 Å². The molecule has 3 N–H and O–H groups in total. The fourth-order valence-electron chi connectivity index (χ4n) is 1.50. The summed E-state index contributed by atoms with van der Waals surface area (Å²) in [6.07, 6.45) is 1.75. The number of amidine groups is 1. The molecule has 0 atom stereocenters. The zero-order chi connectivity index (χ0) is 13.1. The summed E-state index contributed by atoms with van der Waals surface area (Å²) in [5.41, 5.74) is 6.55. The van der Waals surface area contributed by atoms with Gasteiger partial charge < -0.3 is 10.5 Å². The lowest BCUT2D eigenvalue weighted by Gasteiger charge is -2.10. The van der Waals surface area contributed by atoms with Gasteiger partial charge >= 0.3 is 0 Å². The predicted molar refractivity (Wildman–Crippen MR) is 67.8 cm³/mol. The Morgan fingerprint density at radius 2 is 2.33 bits per heavy atom. The molecule has 7 heteroatoms. The molecule has 0 saturated heterocycles. The first-order chi connectivity index (χ1) is 8.58. The summed E-state index contributed by atoms with van der Waals surface area (Å²) in [5.74, 6) is 0.329. The third-order valence-corrected chi connectivity index (χ3v) is 2.59. The van der Waals surface area contributed by atoms with Crippen molar-refractivity contribution in [3.05, 3.63) is 40.7 Å². The number of hydrogen-bond acceptors (Lipinski definition) is 4. The van der Waals surface area contributed by atoms with Gasteiger partial charge in [-0.3, -0.25) is 10.1 Å². The van der Waals surface area contributed by atoms with Crippen LogP contribution < -0.4 is 10.5 Å². The zero-order valence-electron chi connectivity index (χ0n) is 9.72. The molecule has 0 aliphatic carbocycles. The summed E-state index contributed by atoms with van der Waals surface area (Å²) in [6.45, 7) is 0.245. The Morgan fingerprint density at radius 1 is 1.56 bits per heavy atom. The van der Waals surface area contributed by atoms with E-state index in [4.69, 9.17) is 27.5 Å². The number of nitrogen functional groups attached to an aromatic ring is 1. The Kier molecular flexibility index (Phi) is 3.47. The molecule has 94 valence electrons. The molecule has 0 aliphatic rings. The Bertz CT molecular complexity index is 581. The van der Waals surface area contributed by atoms with E-state index in [1.54, 1.807) is 36.1 Å². The molecule has 1 aromatic heterocycles. The van der Waals surface area contributed by atoms with Crippen molar-refractivity contribution in [3.63, 3.8) is 0 Å². The van der Waals surface area contributed by atoms with Gasteiger partial charge in [0.2, 0.25) is 0 Å². The van der Waals surface area contributed by atoms with Gasteiger partial charge in [0, 0.05) is 7.05 Å². The van der Waals surface area contributed by atoms with Crippen molar-refractivity contribution in [3.8, 4) is 5.75 Å². The molecule has 1 aromatic carbocycles. The van der Waals surface area contributed by atoms with Crippen LogP contribution in [0.25, 0.3) is 0 Å². The highest BCUT2D eigenvalue weighted by molar-refractivity contribution is 6.34. The van der Waals surface area contributed by atoms with Crippen molar-refractivity contribution in [2.75, 3.05) is 0 Å². The fraction of sp³-hybridized carbons (Fsp3) is 0.182. The highest BCUT2D eigenvalue weighted by atomic mass is 35.5. The number of aryl methyl sites for hydroxylation is 1. The molecule has 0 fully saturated rings. The lowest BCUT2D eigenvalue weighted by atomic mass is 10.2. The summed E-state index contributed by atoms with van der Waals surface area (Å²) in [6, 6.07) is 5.10. The van der Waals surface area contributed by atoms with E-state index in [-0.39, 0.29) is 12.4 Å². The van der Waals surface area contributed by atoms with Gasteiger partial charge in [0.05, 0.1) is 16.8 Å². The lowest BCUT2D eigenvalue weighted by molar-refractivity contribution is 0.300. The summed E-state index contributed by atoms with van der Waals surface area (Å²) >= 11 is 5.98. The molecular weight excluding hydrogens is 254 g/mol. The van der Waals surface area contributed by atoms with Crippen molar-refractivity contribution in [1.82, 2.24) is 15.0 Å². The van der Waals surface area contributed by atoms with E-state index in [0.29, 0.717) is 22.0 Å². The summed E-state index contributed by atoms with van der Waals surface area (Å²) in [5, 5.41) is 15.6. The van der Waals surface area contributed by atoms with Gasteiger partial charge in [0.15, 0.2) is 0 Å². The number of hydrogen-bond donors (Lipinski definition) is 2. The number of rotatable bonds is 4. The van der Waals surface area contributed by atoms with Crippen LogP contribution in [0.4, 0.5) is 0 Å². The molecular formula is C11H12ClN5O. The van der Waals surface area contributed by atoms with Crippen LogP contribution in [-0.2, 0) is 13.7 Å². The van der Waals surface area contributed by atoms with Crippen LogP contribution >= 0.6 is 11.6 Å². The van der Waals surface area contributed by atoms with E-state index in [1.165, 1.54) is 0 Å². The summed E-state index contributed by atoms with van der Waals surface area (Å²) in [7, 11) is 1.77. The Morgan fingerprint density at radius 3 is 2.94 bits per heavy atom. The van der Waals surface area contributed by atoms with E-state index in [9.17, 15) is 0 Å². The number of halogens is 1. The van der Waals surface area contributed by atoms with E-state index in [2.05, 4.69) is 10.3 Å². The standard InChI is InChI=1S/C11H12ClN5O/c1-17-5-7(15-16-17)6-18-9-4-2-3-8(12)10(9)11(13)14/h2-5H,6H2,1H3,(H3,13,14). The van der Waals surface area contributed by atoms with E-state index in [1.807, 2.05) is 0 Å². The predicted octanol–water partition coefficient (Wildman–Crippen LogP) is 1.33. The molecule has 18 heavy (non-hydrogen) atoms. The second kappa shape index (κ2) is 5.05. The minimum Gasteiger partial charge on any atom is -0.486 e. The van der Waals surface area contributed by atoms with E-state index in [0.717, 1.165) is 0 Å². The largest absolute Gasteiger partial charge is 0.486 e. The smallest absolute Gasteiger partial charge is 0.134 e. The third-order valence-electron chi connectivity index (χ3n) is 2.27. The van der Waals surface area contributed by atoms with Crippen molar-refractivity contribution in [2.45, 2.75) is 6.61 Å². The molecule has 6 nitrogen and oxygen atoms in total. The number of nitrogens with two attached hydrogens (primary N) is 1. The molecule has 0 amide bonds. The topological polar surface area (TPSA) is 89.8 Å². The van der Waals surface area contributed by atoms with Crippen LogP contribution in [0.5, 0.6) is 5.75 Å². The van der Waals surface area contributed by atoms with Crippen molar-refractivity contribution >= 4 is 17.4 Å². The molecule has 0 aliphatic heterocycles. The average molecular weight is 266 g/mol. The lowest BCUT2D eigenvalue weighted by Crippen LogP contribution is -2.14. The first-order valence-corrected chi connectivity index (χ1v) is 5.56. The molecule has 0 spiro atoms. The average Bonchev–Trinajstić information content (AvgIpc) is 2.72. The molecule has 2 rings (SSSR count). The number of aromatic nitrogens is 3. The monoisotopic (exact) mass is 265 g/mol.